The van der Waals surface area contributed by atoms with Gasteiger partial charge in [0, 0.05) is 29.6 Å². The third-order valence-electron chi connectivity index (χ3n) is 5.90. The Bertz CT molecular complexity index is 1360. The molecule has 1 aliphatic heterocycles. The molecule has 4 rings (SSSR count). The molecule has 0 radical (unpaired) electrons. The summed E-state index contributed by atoms with van der Waals surface area (Å²) in [6.45, 7) is -0.0211. The average Bonchev–Trinajstić information content (AvgIpc) is 3.26. The monoisotopic (exact) mass is 522 g/mol. The molecule has 3 aromatic rings. The van der Waals surface area contributed by atoms with Crippen molar-refractivity contribution in [2.24, 2.45) is 0 Å². The van der Waals surface area contributed by atoms with Gasteiger partial charge in [0.05, 0.1) is 36.5 Å². The Morgan fingerprint density at radius 3 is 2.73 bits per heavy atom. The summed E-state index contributed by atoms with van der Waals surface area (Å²) in [6.07, 6.45) is -2.63. The lowest BCUT2D eigenvalue weighted by Gasteiger charge is -2.36. The Balaban J connectivity index is 1.54. The van der Waals surface area contributed by atoms with Crippen molar-refractivity contribution in [3.8, 4) is 17.2 Å². The SMILES string of the molecule is CN1CCC(n2cc(-c3c(F)cc(NC(=O)Cc4cccc(C(F)(F)F)n4)cc3C#N)cn2)C(F)(F)C1. The minimum atomic E-state index is -4.68. The molecule has 0 aliphatic carbocycles. The van der Waals surface area contributed by atoms with E-state index >= 15 is 4.39 Å². The average molecular weight is 522 g/mol. The summed E-state index contributed by atoms with van der Waals surface area (Å²) in [5, 5.41) is 15.9. The molecular formula is C24H20F6N6O. The first-order valence-corrected chi connectivity index (χ1v) is 11.0. The first-order chi connectivity index (χ1) is 17.4. The lowest BCUT2D eigenvalue weighted by atomic mass is 10.00. The van der Waals surface area contributed by atoms with Crippen molar-refractivity contribution in [1.29, 1.82) is 5.26 Å². The van der Waals surface area contributed by atoms with Crippen molar-refractivity contribution in [3.05, 3.63) is 65.5 Å². The molecule has 0 spiro atoms. The van der Waals surface area contributed by atoms with Gasteiger partial charge >= 0.3 is 6.18 Å². The van der Waals surface area contributed by atoms with Crippen molar-refractivity contribution in [3.63, 3.8) is 0 Å². The van der Waals surface area contributed by atoms with E-state index in [1.165, 1.54) is 29.4 Å². The Morgan fingerprint density at radius 2 is 2.05 bits per heavy atom. The maximum absolute atomic E-state index is 15.1. The van der Waals surface area contributed by atoms with Crippen LogP contribution in [0.25, 0.3) is 11.1 Å². The van der Waals surface area contributed by atoms with Crippen molar-refractivity contribution >= 4 is 11.6 Å². The molecule has 1 atom stereocenters. The molecule has 37 heavy (non-hydrogen) atoms. The van der Waals surface area contributed by atoms with Gasteiger partial charge < -0.3 is 10.2 Å². The molecule has 0 bridgehead atoms. The number of rotatable bonds is 5. The van der Waals surface area contributed by atoms with E-state index in [1.54, 1.807) is 7.05 Å². The molecule has 1 unspecified atom stereocenters. The van der Waals surface area contributed by atoms with Crippen LogP contribution in [0.2, 0.25) is 0 Å². The third kappa shape index (κ3) is 5.75. The topological polar surface area (TPSA) is 86.8 Å². The summed E-state index contributed by atoms with van der Waals surface area (Å²) in [6, 6.07) is 5.81. The fourth-order valence-corrected chi connectivity index (χ4v) is 4.23. The highest BCUT2D eigenvalue weighted by atomic mass is 19.4. The highest BCUT2D eigenvalue weighted by Crippen LogP contribution is 2.37. The molecule has 3 heterocycles. The summed E-state index contributed by atoms with van der Waals surface area (Å²) in [7, 11) is 1.59. The molecule has 1 N–H and O–H groups in total. The number of hydrogen-bond acceptors (Lipinski definition) is 5. The predicted octanol–water partition coefficient (Wildman–Crippen LogP) is 4.67. The minimum Gasteiger partial charge on any atom is -0.326 e. The number of aromatic nitrogens is 3. The van der Waals surface area contributed by atoms with Crippen molar-refractivity contribution in [2.45, 2.75) is 31.0 Å². The van der Waals surface area contributed by atoms with E-state index in [0.717, 1.165) is 22.9 Å². The van der Waals surface area contributed by atoms with Gasteiger partial charge in [-0.3, -0.25) is 9.48 Å². The van der Waals surface area contributed by atoms with Crippen LogP contribution in [0.4, 0.5) is 32.0 Å². The second-order valence-electron chi connectivity index (χ2n) is 8.74. The highest BCUT2D eigenvalue weighted by molar-refractivity contribution is 5.92. The quantitative estimate of drug-likeness (QED) is 0.493. The Labute approximate surface area is 207 Å². The number of piperidine rings is 1. The number of alkyl halides is 5. The van der Waals surface area contributed by atoms with Gasteiger partial charge in [0.15, 0.2) is 0 Å². The number of carbonyl (C=O) groups excluding carboxylic acids is 1. The summed E-state index contributed by atoms with van der Waals surface area (Å²) >= 11 is 0. The van der Waals surface area contributed by atoms with Crippen LogP contribution < -0.4 is 5.32 Å². The van der Waals surface area contributed by atoms with Gasteiger partial charge in [0.1, 0.15) is 17.6 Å². The van der Waals surface area contributed by atoms with Crippen LogP contribution in [-0.2, 0) is 17.4 Å². The summed E-state index contributed by atoms with van der Waals surface area (Å²) in [5.41, 5.74) is -1.68. The number of hydrogen-bond donors (Lipinski definition) is 1. The number of pyridine rings is 1. The number of nitrogens with zero attached hydrogens (tertiary/aromatic N) is 5. The Morgan fingerprint density at radius 1 is 1.30 bits per heavy atom. The number of halogens is 6. The van der Waals surface area contributed by atoms with Crippen molar-refractivity contribution in [1.82, 2.24) is 19.7 Å². The van der Waals surface area contributed by atoms with Crippen LogP contribution in [0.1, 0.15) is 29.4 Å². The number of anilines is 1. The maximum atomic E-state index is 15.1. The molecule has 2 aromatic heterocycles. The van der Waals surface area contributed by atoms with E-state index in [-0.39, 0.29) is 34.5 Å². The fraction of sp³-hybridized carbons (Fsp3) is 0.333. The summed E-state index contributed by atoms with van der Waals surface area (Å²) in [5.74, 6) is -4.75. The first kappa shape index (κ1) is 26.2. The molecule has 1 amide bonds. The molecule has 0 saturated carbocycles. The van der Waals surface area contributed by atoms with Gasteiger partial charge in [0.2, 0.25) is 5.91 Å². The molecule has 7 nitrogen and oxygen atoms in total. The normalized spacial score (nSPS) is 17.8. The molecule has 1 aliphatic rings. The number of amides is 1. The minimum absolute atomic E-state index is 0.106. The third-order valence-corrected chi connectivity index (χ3v) is 5.90. The van der Waals surface area contributed by atoms with Gasteiger partial charge in [0.25, 0.3) is 5.92 Å². The van der Waals surface area contributed by atoms with Crippen LogP contribution in [0.15, 0.2) is 42.7 Å². The number of nitrogens with one attached hydrogen (secondary N) is 1. The molecular weight excluding hydrogens is 502 g/mol. The van der Waals surface area contributed by atoms with Crippen LogP contribution in [0.5, 0.6) is 0 Å². The molecule has 1 aromatic carbocycles. The lowest BCUT2D eigenvalue weighted by molar-refractivity contribution is -0.141. The zero-order valence-corrected chi connectivity index (χ0v) is 19.4. The van der Waals surface area contributed by atoms with Crippen LogP contribution in [0.3, 0.4) is 0 Å². The zero-order valence-electron chi connectivity index (χ0n) is 19.4. The van der Waals surface area contributed by atoms with Gasteiger partial charge in [-0.25, -0.2) is 18.2 Å². The molecule has 13 heteroatoms. The maximum Gasteiger partial charge on any atom is 0.433 e. The van der Waals surface area contributed by atoms with Crippen molar-refractivity contribution in [2.75, 3.05) is 25.5 Å². The number of nitriles is 1. The van der Waals surface area contributed by atoms with Crippen LogP contribution >= 0.6 is 0 Å². The number of likely N-dealkylation sites (tertiary alicyclic amines) is 1. The fourth-order valence-electron chi connectivity index (χ4n) is 4.23. The van der Waals surface area contributed by atoms with Crippen LogP contribution in [0, 0.1) is 17.1 Å². The molecule has 1 saturated heterocycles. The second kappa shape index (κ2) is 9.85. The summed E-state index contributed by atoms with van der Waals surface area (Å²) in [4.78, 5) is 17.3. The smallest absolute Gasteiger partial charge is 0.326 e. The number of benzene rings is 1. The first-order valence-electron chi connectivity index (χ1n) is 11.0. The molecule has 194 valence electrons. The van der Waals surface area contributed by atoms with E-state index < -0.39 is 48.5 Å². The lowest BCUT2D eigenvalue weighted by Crippen LogP contribution is -2.47. The van der Waals surface area contributed by atoms with E-state index in [4.69, 9.17) is 0 Å². The highest BCUT2D eigenvalue weighted by Gasteiger charge is 2.45. The Hall–Kier alpha value is -3.92. The van der Waals surface area contributed by atoms with Crippen molar-refractivity contribution < 1.29 is 31.1 Å². The van der Waals surface area contributed by atoms with E-state index in [1.807, 2.05) is 6.07 Å². The van der Waals surface area contributed by atoms with Crippen LogP contribution in [-0.4, -0.2) is 51.6 Å². The Kier molecular flexibility index (Phi) is 6.96. The number of carbonyl (C=O) groups is 1. The van der Waals surface area contributed by atoms with Gasteiger partial charge in [-0.15, -0.1) is 0 Å². The standard InChI is InChI=1S/C24H20F6N6O/c1-35-6-5-20(23(26,27)13-35)36-12-15(11-32-36)22-14(10-31)7-17(8-18(22)25)34-21(37)9-16-3-2-4-19(33-16)24(28,29)30/h2-4,7-8,11-12,20H,5-6,9,13H2,1H3,(H,34,37). The zero-order chi connectivity index (χ0) is 27.0. The second-order valence-corrected chi connectivity index (χ2v) is 8.74. The van der Waals surface area contributed by atoms with E-state index in [0.29, 0.717) is 6.54 Å². The van der Waals surface area contributed by atoms with Gasteiger partial charge in [-0.2, -0.15) is 23.5 Å². The largest absolute Gasteiger partial charge is 0.433 e. The van der Waals surface area contributed by atoms with Gasteiger partial charge in [-0.1, -0.05) is 6.07 Å². The van der Waals surface area contributed by atoms with Gasteiger partial charge in [-0.05, 0) is 37.7 Å². The predicted molar refractivity (Wildman–Crippen MR) is 120 cm³/mol. The van der Waals surface area contributed by atoms with E-state index in [2.05, 4.69) is 15.4 Å². The molecule has 1 fully saturated rings. The summed E-state index contributed by atoms with van der Waals surface area (Å²) < 4.78 is 83.7. The van der Waals surface area contributed by atoms with E-state index in [9.17, 15) is 32.0 Å².